The highest BCUT2D eigenvalue weighted by molar-refractivity contribution is 5.86. The minimum Gasteiger partial charge on any atom is -0.370 e. The first kappa shape index (κ1) is 17.2. The van der Waals surface area contributed by atoms with Crippen molar-refractivity contribution in [2.45, 2.75) is 56.9 Å². The Balaban J connectivity index is 0.00000200. The molecule has 0 aromatic carbocycles. The Labute approximate surface area is 126 Å². The summed E-state index contributed by atoms with van der Waals surface area (Å²) in [4.78, 5) is 25.3. The average molecular weight is 304 g/mol. The van der Waals surface area contributed by atoms with Crippen LogP contribution in [0.3, 0.4) is 0 Å². The SMILES string of the molecule is Cl.NC(=O)CCC1CCCN(C(=O)C2(N)CCCC2)C1. The summed E-state index contributed by atoms with van der Waals surface area (Å²) >= 11 is 0. The second-order valence-electron chi connectivity index (χ2n) is 6.13. The van der Waals surface area contributed by atoms with Crippen molar-refractivity contribution in [2.75, 3.05) is 13.1 Å². The van der Waals surface area contributed by atoms with Gasteiger partial charge in [-0.15, -0.1) is 12.4 Å². The molecule has 0 aromatic rings. The molecular formula is C14H26ClN3O2. The highest BCUT2D eigenvalue weighted by Gasteiger charge is 2.40. The van der Waals surface area contributed by atoms with Gasteiger partial charge < -0.3 is 16.4 Å². The summed E-state index contributed by atoms with van der Waals surface area (Å²) in [5, 5.41) is 0. The van der Waals surface area contributed by atoms with E-state index in [0.717, 1.165) is 58.0 Å². The fraction of sp³-hybridized carbons (Fsp3) is 0.857. The minimum atomic E-state index is -0.619. The Hall–Kier alpha value is -0.810. The number of nitrogens with two attached hydrogens (primary N) is 2. The number of likely N-dealkylation sites (tertiary alicyclic amines) is 1. The van der Waals surface area contributed by atoms with Crippen LogP contribution in [-0.2, 0) is 9.59 Å². The van der Waals surface area contributed by atoms with E-state index in [2.05, 4.69) is 0 Å². The molecule has 6 heteroatoms. The number of halogens is 1. The van der Waals surface area contributed by atoms with Gasteiger partial charge in [-0.3, -0.25) is 9.59 Å². The third-order valence-electron chi connectivity index (χ3n) is 4.53. The zero-order valence-corrected chi connectivity index (χ0v) is 12.8. The van der Waals surface area contributed by atoms with Crippen LogP contribution in [-0.4, -0.2) is 35.3 Å². The zero-order chi connectivity index (χ0) is 13.9. The molecule has 0 aromatic heterocycles. The van der Waals surface area contributed by atoms with Crippen LogP contribution in [0.15, 0.2) is 0 Å². The summed E-state index contributed by atoms with van der Waals surface area (Å²) in [6, 6.07) is 0. The second kappa shape index (κ2) is 7.27. The van der Waals surface area contributed by atoms with Crippen LogP contribution in [0.2, 0.25) is 0 Å². The van der Waals surface area contributed by atoms with E-state index in [1.165, 1.54) is 0 Å². The van der Waals surface area contributed by atoms with E-state index in [1.54, 1.807) is 0 Å². The van der Waals surface area contributed by atoms with Crippen molar-refractivity contribution in [3.63, 3.8) is 0 Å². The van der Waals surface area contributed by atoms with Gasteiger partial charge in [-0.2, -0.15) is 0 Å². The van der Waals surface area contributed by atoms with Crippen LogP contribution in [0.1, 0.15) is 51.4 Å². The molecule has 0 radical (unpaired) electrons. The topological polar surface area (TPSA) is 89.4 Å². The zero-order valence-electron chi connectivity index (χ0n) is 12.0. The Morgan fingerprint density at radius 3 is 2.45 bits per heavy atom. The van der Waals surface area contributed by atoms with Gasteiger partial charge in [0.1, 0.15) is 0 Å². The lowest BCUT2D eigenvalue weighted by Crippen LogP contribution is -2.55. The van der Waals surface area contributed by atoms with E-state index in [4.69, 9.17) is 11.5 Å². The van der Waals surface area contributed by atoms with E-state index in [1.807, 2.05) is 4.90 Å². The standard InChI is InChI=1S/C14H25N3O2.ClH/c15-12(18)6-5-11-4-3-9-17(10-11)13(19)14(16)7-1-2-8-14;/h11H,1-10,16H2,(H2,15,18);1H. The number of carbonyl (C=O) groups excluding carboxylic acids is 2. The average Bonchev–Trinajstić information content (AvgIpc) is 2.84. The summed E-state index contributed by atoms with van der Waals surface area (Å²) in [6.07, 6.45) is 7.03. The molecule has 1 aliphatic carbocycles. The number of carbonyl (C=O) groups is 2. The Bertz CT molecular complexity index is 356. The van der Waals surface area contributed by atoms with E-state index in [9.17, 15) is 9.59 Å². The fourth-order valence-electron chi connectivity index (χ4n) is 3.37. The first-order chi connectivity index (χ1) is 9.01. The number of hydrogen-bond donors (Lipinski definition) is 2. The Kier molecular flexibility index (Phi) is 6.27. The number of piperidine rings is 1. The summed E-state index contributed by atoms with van der Waals surface area (Å²) in [5.74, 6) is 0.263. The number of hydrogen-bond acceptors (Lipinski definition) is 3. The van der Waals surface area contributed by atoms with Crippen molar-refractivity contribution in [1.82, 2.24) is 4.90 Å². The monoisotopic (exact) mass is 303 g/mol. The third kappa shape index (κ3) is 4.09. The molecule has 1 heterocycles. The molecule has 0 bridgehead atoms. The molecular weight excluding hydrogens is 278 g/mol. The third-order valence-corrected chi connectivity index (χ3v) is 4.53. The van der Waals surface area contributed by atoms with E-state index < -0.39 is 5.54 Å². The van der Waals surface area contributed by atoms with Gasteiger partial charge in [0.05, 0.1) is 5.54 Å². The smallest absolute Gasteiger partial charge is 0.242 e. The quantitative estimate of drug-likeness (QED) is 0.817. The Morgan fingerprint density at radius 1 is 1.20 bits per heavy atom. The Morgan fingerprint density at radius 2 is 1.85 bits per heavy atom. The predicted octanol–water partition coefficient (Wildman–Crippen LogP) is 1.18. The predicted molar refractivity (Wildman–Crippen MR) is 80.4 cm³/mol. The minimum absolute atomic E-state index is 0. The summed E-state index contributed by atoms with van der Waals surface area (Å²) in [6.45, 7) is 1.55. The van der Waals surface area contributed by atoms with Crippen LogP contribution >= 0.6 is 12.4 Å². The van der Waals surface area contributed by atoms with Gasteiger partial charge in [0.15, 0.2) is 0 Å². The molecule has 116 valence electrons. The molecule has 2 rings (SSSR count). The van der Waals surface area contributed by atoms with Crippen molar-refractivity contribution in [1.29, 1.82) is 0 Å². The number of amides is 2. The first-order valence-corrected chi connectivity index (χ1v) is 7.38. The summed E-state index contributed by atoms with van der Waals surface area (Å²) in [7, 11) is 0. The van der Waals surface area contributed by atoms with Gasteiger partial charge in [0.2, 0.25) is 11.8 Å². The highest BCUT2D eigenvalue weighted by atomic mass is 35.5. The van der Waals surface area contributed by atoms with Crippen LogP contribution in [0.25, 0.3) is 0 Å². The number of rotatable bonds is 4. The van der Waals surface area contributed by atoms with E-state index >= 15 is 0 Å². The van der Waals surface area contributed by atoms with Crippen molar-refractivity contribution in [2.24, 2.45) is 17.4 Å². The largest absolute Gasteiger partial charge is 0.370 e. The van der Waals surface area contributed by atoms with Crippen LogP contribution in [0, 0.1) is 5.92 Å². The van der Waals surface area contributed by atoms with E-state index in [0.29, 0.717) is 12.3 Å². The van der Waals surface area contributed by atoms with E-state index in [-0.39, 0.29) is 24.2 Å². The van der Waals surface area contributed by atoms with Gasteiger partial charge in [0, 0.05) is 19.5 Å². The molecule has 2 fully saturated rings. The number of primary amides is 1. The van der Waals surface area contributed by atoms with Gasteiger partial charge in [-0.05, 0) is 38.0 Å². The van der Waals surface area contributed by atoms with Crippen molar-refractivity contribution < 1.29 is 9.59 Å². The van der Waals surface area contributed by atoms with Crippen LogP contribution < -0.4 is 11.5 Å². The molecule has 20 heavy (non-hydrogen) atoms. The highest BCUT2D eigenvalue weighted by Crippen LogP contribution is 2.31. The van der Waals surface area contributed by atoms with Crippen molar-refractivity contribution >= 4 is 24.2 Å². The normalized spacial score (nSPS) is 25.1. The van der Waals surface area contributed by atoms with Crippen molar-refractivity contribution in [3.8, 4) is 0 Å². The molecule has 1 unspecified atom stereocenters. The van der Waals surface area contributed by atoms with Crippen molar-refractivity contribution in [3.05, 3.63) is 0 Å². The van der Waals surface area contributed by atoms with Gasteiger partial charge >= 0.3 is 0 Å². The lowest BCUT2D eigenvalue weighted by molar-refractivity contribution is -0.138. The molecule has 4 N–H and O–H groups in total. The number of nitrogens with zero attached hydrogens (tertiary/aromatic N) is 1. The molecule has 0 spiro atoms. The first-order valence-electron chi connectivity index (χ1n) is 7.38. The maximum Gasteiger partial charge on any atom is 0.242 e. The van der Waals surface area contributed by atoms with Crippen LogP contribution in [0.5, 0.6) is 0 Å². The maximum absolute atomic E-state index is 12.5. The molecule has 1 saturated heterocycles. The van der Waals surface area contributed by atoms with Gasteiger partial charge in [-0.25, -0.2) is 0 Å². The molecule has 2 aliphatic rings. The molecule has 1 atom stereocenters. The fourth-order valence-corrected chi connectivity index (χ4v) is 3.37. The molecule has 2 amide bonds. The molecule has 5 nitrogen and oxygen atoms in total. The maximum atomic E-state index is 12.5. The molecule has 1 saturated carbocycles. The second-order valence-corrected chi connectivity index (χ2v) is 6.13. The summed E-state index contributed by atoms with van der Waals surface area (Å²) < 4.78 is 0. The summed E-state index contributed by atoms with van der Waals surface area (Å²) in [5.41, 5.74) is 10.8. The molecule has 1 aliphatic heterocycles. The lowest BCUT2D eigenvalue weighted by Gasteiger charge is -2.37. The lowest BCUT2D eigenvalue weighted by atomic mass is 9.90. The van der Waals surface area contributed by atoms with Crippen LogP contribution in [0.4, 0.5) is 0 Å². The van der Waals surface area contributed by atoms with Gasteiger partial charge in [0.25, 0.3) is 0 Å². The van der Waals surface area contributed by atoms with Gasteiger partial charge in [-0.1, -0.05) is 12.8 Å².